The van der Waals surface area contributed by atoms with Gasteiger partial charge in [0.1, 0.15) is 5.52 Å². The Morgan fingerprint density at radius 2 is 1.93 bits per heavy atom. The van der Waals surface area contributed by atoms with Crippen molar-refractivity contribution in [1.29, 1.82) is 0 Å². The molecule has 0 spiro atoms. The smallest absolute Gasteiger partial charge is 0.305 e. The standard InChI is InChI=1S/C20H25N3O4/c24-17(25)13-20(9-3-4-10-20)22-18(26)14-7-11-23(12-8-14)19-21-15-5-1-2-6-16(15)27-19/h1-2,5-6,14H,3-4,7-13H2,(H,22,26)(H,24,25). The zero-order valence-corrected chi connectivity index (χ0v) is 15.3. The number of amides is 1. The lowest BCUT2D eigenvalue weighted by Gasteiger charge is -2.34. The van der Waals surface area contributed by atoms with Crippen molar-refractivity contribution < 1.29 is 19.1 Å². The Hall–Kier alpha value is -2.57. The van der Waals surface area contributed by atoms with E-state index in [0.717, 1.165) is 36.8 Å². The van der Waals surface area contributed by atoms with Crippen molar-refractivity contribution in [3.8, 4) is 0 Å². The first-order valence-corrected chi connectivity index (χ1v) is 9.69. The minimum Gasteiger partial charge on any atom is -0.481 e. The number of oxazole rings is 1. The molecule has 2 N–H and O–H groups in total. The molecule has 1 aliphatic heterocycles. The summed E-state index contributed by atoms with van der Waals surface area (Å²) in [6.07, 6.45) is 4.91. The molecular weight excluding hydrogens is 346 g/mol. The van der Waals surface area contributed by atoms with Crippen molar-refractivity contribution in [2.24, 2.45) is 5.92 Å². The van der Waals surface area contributed by atoms with Gasteiger partial charge >= 0.3 is 5.97 Å². The number of carbonyl (C=O) groups excluding carboxylic acids is 1. The molecule has 1 saturated heterocycles. The molecule has 1 saturated carbocycles. The summed E-state index contributed by atoms with van der Waals surface area (Å²) in [5.74, 6) is -0.935. The Morgan fingerprint density at radius 1 is 1.22 bits per heavy atom. The van der Waals surface area contributed by atoms with E-state index in [1.165, 1.54) is 0 Å². The minimum atomic E-state index is -0.844. The summed E-state index contributed by atoms with van der Waals surface area (Å²) in [5, 5.41) is 12.3. The highest BCUT2D eigenvalue weighted by Crippen LogP contribution is 2.34. The number of para-hydroxylation sites is 2. The fourth-order valence-corrected chi connectivity index (χ4v) is 4.38. The van der Waals surface area contributed by atoms with Gasteiger partial charge in [-0.3, -0.25) is 9.59 Å². The molecule has 1 aromatic heterocycles. The van der Waals surface area contributed by atoms with E-state index in [-0.39, 0.29) is 18.2 Å². The number of piperidine rings is 1. The molecule has 1 amide bonds. The summed E-state index contributed by atoms with van der Waals surface area (Å²) in [6.45, 7) is 1.41. The van der Waals surface area contributed by atoms with E-state index >= 15 is 0 Å². The number of anilines is 1. The van der Waals surface area contributed by atoms with E-state index < -0.39 is 11.5 Å². The van der Waals surface area contributed by atoms with Crippen molar-refractivity contribution in [2.45, 2.75) is 50.5 Å². The summed E-state index contributed by atoms with van der Waals surface area (Å²) < 4.78 is 5.82. The molecule has 7 nitrogen and oxygen atoms in total. The van der Waals surface area contributed by atoms with Crippen LogP contribution in [0.5, 0.6) is 0 Å². The van der Waals surface area contributed by atoms with Gasteiger partial charge < -0.3 is 19.7 Å². The predicted octanol–water partition coefficient (Wildman–Crippen LogP) is 2.95. The van der Waals surface area contributed by atoms with Gasteiger partial charge in [0.05, 0.1) is 12.0 Å². The Morgan fingerprint density at radius 3 is 2.59 bits per heavy atom. The van der Waals surface area contributed by atoms with Crippen molar-refractivity contribution >= 4 is 29.0 Å². The number of aromatic nitrogens is 1. The number of nitrogens with zero attached hydrogens (tertiary/aromatic N) is 2. The molecule has 27 heavy (non-hydrogen) atoms. The van der Waals surface area contributed by atoms with Gasteiger partial charge in [-0.2, -0.15) is 4.98 Å². The molecule has 1 aliphatic carbocycles. The maximum absolute atomic E-state index is 12.8. The van der Waals surface area contributed by atoms with E-state index in [2.05, 4.69) is 15.2 Å². The average Bonchev–Trinajstić information content (AvgIpc) is 3.28. The molecule has 4 rings (SSSR count). The lowest BCUT2D eigenvalue weighted by Crippen LogP contribution is -2.51. The number of benzene rings is 1. The first-order valence-electron chi connectivity index (χ1n) is 9.69. The quantitative estimate of drug-likeness (QED) is 0.839. The zero-order valence-electron chi connectivity index (χ0n) is 15.3. The molecule has 0 unspecified atom stereocenters. The van der Waals surface area contributed by atoms with Crippen LogP contribution in [0.4, 0.5) is 6.01 Å². The molecule has 0 bridgehead atoms. The van der Waals surface area contributed by atoms with Crippen LogP contribution in [0.2, 0.25) is 0 Å². The summed E-state index contributed by atoms with van der Waals surface area (Å²) in [5.41, 5.74) is 1.05. The van der Waals surface area contributed by atoms with Gasteiger partial charge in [-0.15, -0.1) is 0 Å². The summed E-state index contributed by atoms with van der Waals surface area (Å²) >= 11 is 0. The molecule has 0 radical (unpaired) electrons. The molecule has 2 fully saturated rings. The molecule has 1 aromatic carbocycles. The normalized spacial score (nSPS) is 20.1. The number of carboxylic acid groups (broad SMARTS) is 1. The lowest BCUT2D eigenvalue weighted by atomic mass is 9.90. The monoisotopic (exact) mass is 371 g/mol. The predicted molar refractivity (Wildman–Crippen MR) is 101 cm³/mol. The maximum Gasteiger partial charge on any atom is 0.305 e. The third-order valence-electron chi connectivity index (χ3n) is 5.86. The van der Waals surface area contributed by atoms with Crippen LogP contribution in [0.15, 0.2) is 28.7 Å². The Bertz CT molecular complexity index is 800. The number of nitrogens with one attached hydrogen (secondary N) is 1. The Labute approximate surface area is 157 Å². The van der Waals surface area contributed by atoms with E-state index in [4.69, 9.17) is 4.42 Å². The fraction of sp³-hybridized carbons (Fsp3) is 0.550. The third kappa shape index (κ3) is 3.77. The summed E-state index contributed by atoms with van der Waals surface area (Å²) in [7, 11) is 0. The van der Waals surface area contributed by atoms with Gasteiger partial charge in [-0.25, -0.2) is 0 Å². The van der Waals surface area contributed by atoms with Crippen molar-refractivity contribution in [3.05, 3.63) is 24.3 Å². The number of hydrogen-bond donors (Lipinski definition) is 2. The highest BCUT2D eigenvalue weighted by molar-refractivity contribution is 5.81. The first kappa shape index (κ1) is 17.8. The van der Waals surface area contributed by atoms with Crippen LogP contribution in [-0.2, 0) is 9.59 Å². The molecule has 144 valence electrons. The first-order chi connectivity index (χ1) is 13.0. The van der Waals surface area contributed by atoms with Gasteiger partial charge in [0.15, 0.2) is 5.58 Å². The molecule has 0 atom stereocenters. The zero-order chi connectivity index (χ0) is 18.9. The molecule has 2 heterocycles. The second-order valence-corrected chi connectivity index (χ2v) is 7.77. The van der Waals surface area contributed by atoms with Crippen molar-refractivity contribution in [1.82, 2.24) is 10.3 Å². The van der Waals surface area contributed by atoms with E-state index in [9.17, 15) is 14.7 Å². The average molecular weight is 371 g/mol. The SMILES string of the molecule is O=C(O)CC1(NC(=O)C2CCN(c3nc4ccccc4o3)CC2)CCCC1. The second kappa shape index (κ2) is 7.21. The number of hydrogen-bond acceptors (Lipinski definition) is 5. The number of aliphatic carboxylic acids is 1. The molecule has 2 aromatic rings. The van der Waals surface area contributed by atoms with Crippen LogP contribution < -0.4 is 10.2 Å². The van der Waals surface area contributed by atoms with Crippen LogP contribution in [0.3, 0.4) is 0 Å². The number of rotatable bonds is 5. The maximum atomic E-state index is 12.8. The summed E-state index contributed by atoms with van der Waals surface area (Å²) in [6, 6.07) is 8.28. The van der Waals surface area contributed by atoms with Gasteiger partial charge in [0.2, 0.25) is 5.91 Å². The highest BCUT2D eigenvalue weighted by atomic mass is 16.4. The van der Waals surface area contributed by atoms with Gasteiger partial charge in [-0.05, 0) is 37.8 Å². The topological polar surface area (TPSA) is 95.7 Å². The van der Waals surface area contributed by atoms with Gasteiger partial charge in [-0.1, -0.05) is 25.0 Å². The van der Waals surface area contributed by atoms with Crippen molar-refractivity contribution in [2.75, 3.05) is 18.0 Å². The number of carboxylic acids is 1. The molecule has 2 aliphatic rings. The van der Waals surface area contributed by atoms with Crippen LogP contribution in [-0.4, -0.2) is 40.6 Å². The molecular formula is C20H25N3O4. The van der Waals surface area contributed by atoms with Crippen LogP contribution in [0.25, 0.3) is 11.1 Å². The lowest BCUT2D eigenvalue weighted by molar-refractivity contribution is -0.139. The summed E-state index contributed by atoms with van der Waals surface area (Å²) in [4.78, 5) is 30.6. The highest BCUT2D eigenvalue weighted by Gasteiger charge is 2.39. The van der Waals surface area contributed by atoms with E-state index in [1.807, 2.05) is 24.3 Å². The third-order valence-corrected chi connectivity index (χ3v) is 5.86. The number of fused-ring (bicyclic) bond motifs is 1. The fourth-order valence-electron chi connectivity index (χ4n) is 4.38. The van der Waals surface area contributed by atoms with Crippen LogP contribution >= 0.6 is 0 Å². The van der Waals surface area contributed by atoms with Gasteiger partial charge in [0, 0.05) is 19.0 Å². The van der Waals surface area contributed by atoms with Crippen molar-refractivity contribution in [3.63, 3.8) is 0 Å². The Kier molecular flexibility index (Phi) is 4.76. The Balaban J connectivity index is 1.37. The second-order valence-electron chi connectivity index (χ2n) is 7.77. The van der Waals surface area contributed by atoms with E-state index in [1.54, 1.807) is 0 Å². The number of carbonyl (C=O) groups is 2. The van der Waals surface area contributed by atoms with E-state index in [0.29, 0.717) is 31.9 Å². The molecule has 7 heteroatoms. The largest absolute Gasteiger partial charge is 0.481 e. The van der Waals surface area contributed by atoms with Crippen LogP contribution in [0, 0.1) is 5.92 Å². The van der Waals surface area contributed by atoms with Crippen LogP contribution in [0.1, 0.15) is 44.9 Å². The van der Waals surface area contributed by atoms with Gasteiger partial charge in [0.25, 0.3) is 6.01 Å². The minimum absolute atomic E-state index is 0.00429.